The number of hydrogen-bond acceptors (Lipinski definition) is 10. The third kappa shape index (κ3) is 8.37. The van der Waals surface area contributed by atoms with Gasteiger partial charge in [0.1, 0.15) is 17.7 Å². The van der Waals surface area contributed by atoms with Gasteiger partial charge in [0.05, 0.1) is 31.5 Å². The van der Waals surface area contributed by atoms with E-state index >= 15 is 0 Å². The number of carbonyl (C=O) groups excluding carboxylic acids is 1. The van der Waals surface area contributed by atoms with Crippen LogP contribution in [0.5, 0.6) is 11.6 Å². The lowest BCUT2D eigenvalue weighted by Gasteiger charge is -2.23. The lowest BCUT2D eigenvalue weighted by atomic mass is 10.0. The number of alkyl halides is 2. The Labute approximate surface area is 250 Å². The summed E-state index contributed by atoms with van der Waals surface area (Å²) in [7, 11) is 0. The lowest BCUT2D eigenvalue weighted by molar-refractivity contribution is -0.384. The van der Waals surface area contributed by atoms with Gasteiger partial charge in [-0.05, 0) is 65.2 Å². The summed E-state index contributed by atoms with van der Waals surface area (Å²) in [5, 5.41) is 18.9. The number of hydrogen-bond donors (Lipinski definition) is 2. The minimum absolute atomic E-state index is 0.0264. The number of ether oxygens (including phenoxy) is 3. The van der Waals surface area contributed by atoms with Gasteiger partial charge in [-0.25, -0.2) is 23.2 Å². The fourth-order valence-corrected chi connectivity index (χ4v) is 4.47. The normalized spacial score (nSPS) is 18.8. The average Bonchev–Trinajstić information content (AvgIpc) is 3.55. The molecule has 2 aromatic heterocycles. The molecule has 0 radical (unpaired) electrons. The summed E-state index contributed by atoms with van der Waals surface area (Å²) in [5.74, 6) is -2.95. The first-order valence-corrected chi connectivity index (χ1v) is 13.7. The number of carbonyl (C=O) groups is 1. The van der Waals surface area contributed by atoms with Gasteiger partial charge in [0.2, 0.25) is 5.88 Å². The molecule has 3 N–H and O–H groups in total. The summed E-state index contributed by atoms with van der Waals surface area (Å²) in [6, 6.07) is 8.44. The Morgan fingerprint density at radius 3 is 2.63 bits per heavy atom. The van der Waals surface area contributed by atoms with E-state index in [0.717, 1.165) is 12.6 Å². The molecule has 0 amide bonds. The van der Waals surface area contributed by atoms with Crippen LogP contribution in [-0.2, 0) is 10.3 Å². The standard InChI is InChI=1S/C29H36F2N6O6/c1-18(32)29(30,31)12-14-41-26-16-20(11-13-33-26)34-25-17-24(35-36(25)28(2,3)4)19-5-8-23(15-19)43-27(38)42-22-9-6-21(7-10-22)37(39)40/h6-7,9-11,13,16-19,23H,5,8,12,14-15,32H2,1-4H3,(H,33,34)/t18-,19-,23+/m0/s1/i14D2. The van der Waals surface area contributed by atoms with Crippen molar-refractivity contribution in [3.05, 3.63) is 64.5 Å². The highest BCUT2D eigenvalue weighted by Crippen LogP contribution is 2.38. The van der Waals surface area contributed by atoms with E-state index in [9.17, 15) is 23.7 Å². The molecular formula is C29H36F2N6O6. The van der Waals surface area contributed by atoms with Crippen LogP contribution >= 0.6 is 0 Å². The summed E-state index contributed by atoms with van der Waals surface area (Å²) < 4.78 is 61.6. The summed E-state index contributed by atoms with van der Waals surface area (Å²) in [5.41, 5.74) is 5.95. The first kappa shape index (κ1) is 28.8. The molecule has 0 spiro atoms. The Kier molecular flexibility index (Phi) is 8.63. The molecule has 12 nitrogen and oxygen atoms in total. The molecule has 232 valence electrons. The van der Waals surface area contributed by atoms with Crippen molar-refractivity contribution in [1.29, 1.82) is 0 Å². The molecule has 0 saturated heterocycles. The van der Waals surface area contributed by atoms with Gasteiger partial charge in [0, 0.05) is 48.5 Å². The zero-order valence-electron chi connectivity index (χ0n) is 26.3. The Morgan fingerprint density at radius 2 is 1.98 bits per heavy atom. The van der Waals surface area contributed by atoms with E-state index in [-0.39, 0.29) is 23.2 Å². The number of nitro groups is 1. The van der Waals surface area contributed by atoms with Gasteiger partial charge in [-0.15, -0.1) is 0 Å². The predicted molar refractivity (Wildman–Crippen MR) is 154 cm³/mol. The largest absolute Gasteiger partial charge is 0.514 e. The second-order valence-corrected chi connectivity index (χ2v) is 11.4. The smallest absolute Gasteiger partial charge is 0.477 e. The zero-order chi connectivity index (χ0) is 33.2. The quantitative estimate of drug-likeness (QED) is 0.110. The number of pyridine rings is 1. The van der Waals surface area contributed by atoms with Crippen LogP contribution in [0.1, 0.15) is 67.7 Å². The van der Waals surface area contributed by atoms with Crippen LogP contribution in [0.2, 0.25) is 0 Å². The van der Waals surface area contributed by atoms with E-state index in [0.29, 0.717) is 30.8 Å². The van der Waals surface area contributed by atoms with Crippen molar-refractivity contribution >= 4 is 23.3 Å². The molecule has 1 fully saturated rings. The van der Waals surface area contributed by atoms with Crippen LogP contribution in [0, 0.1) is 10.1 Å². The first-order chi connectivity index (χ1) is 20.9. The number of nitro benzene ring substituents is 1. The summed E-state index contributed by atoms with van der Waals surface area (Å²) in [6.07, 6.45) is 0.595. The highest BCUT2D eigenvalue weighted by atomic mass is 19.3. The van der Waals surface area contributed by atoms with Gasteiger partial charge in [-0.2, -0.15) is 5.10 Å². The van der Waals surface area contributed by atoms with Crippen molar-refractivity contribution in [2.45, 2.75) is 82.9 Å². The summed E-state index contributed by atoms with van der Waals surface area (Å²) in [6.45, 7) is 4.29. The number of anilines is 2. The van der Waals surface area contributed by atoms with Crippen LogP contribution < -0.4 is 20.5 Å². The van der Waals surface area contributed by atoms with Crippen molar-refractivity contribution in [1.82, 2.24) is 14.8 Å². The van der Waals surface area contributed by atoms with Crippen molar-refractivity contribution in [3.8, 4) is 11.6 Å². The average molecular weight is 605 g/mol. The molecule has 1 saturated carbocycles. The van der Waals surface area contributed by atoms with Gasteiger partial charge in [0.25, 0.3) is 11.6 Å². The van der Waals surface area contributed by atoms with Gasteiger partial charge in [-0.1, -0.05) is 0 Å². The molecule has 0 bridgehead atoms. The number of non-ortho nitro benzene ring substituents is 1. The van der Waals surface area contributed by atoms with Gasteiger partial charge in [-0.3, -0.25) is 10.1 Å². The molecule has 0 aliphatic heterocycles. The van der Waals surface area contributed by atoms with Crippen molar-refractivity contribution in [3.63, 3.8) is 0 Å². The van der Waals surface area contributed by atoms with E-state index in [1.54, 1.807) is 10.7 Å². The number of nitrogens with zero attached hydrogens (tertiary/aromatic N) is 4. The first-order valence-electron chi connectivity index (χ1n) is 14.7. The summed E-state index contributed by atoms with van der Waals surface area (Å²) >= 11 is 0. The molecule has 2 heterocycles. The molecule has 3 atom stereocenters. The number of halogens is 2. The Bertz CT molecular complexity index is 1510. The highest BCUT2D eigenvalue weighted by molar-refractivity contribution is 5.64. The Morgan fingerprint density at radius 1 is 1.26 bits per heavy atom. The molecule has 1 aliphatic carbocycles. The van der Waals surface area contributed by atoms with E-state index in [1.165, 1.54) is 36.5 Å². The maximum atomic E-state index is 14.1. The maximum Gasteiger partial charge on any atom is 0.514 e. The highest BCUT2D eigenvalue weighted by Gasteiger charge is 2.34. The number of rotatable bonds is 11. The van der Waals surface area contributed by atoms with E-state index in [1.807, 2.05) is 26.8 Å². The van der Waals surface area contributed by atoms with Crippen LogP contribution in [-0.4, -0.2) is 50.5 Å². The lowest BCUT2D eigenvalue weighted by Crippen LogP contribution is -2.39. The van der Waals surface area contributed by atoms with Crippen LogP contribution in [0.3, 0.4) is 0 Å². The van der Waals surface area contributed by atoms with Crippen molar-refractivity contribution < 1.29 is 35.5 Å². The maximum absolute atomic E-state index is 14.1. The number of benzene rings is 1. The fourth-order valence-electron chi connectivity index (χ4n) is 4.47. The third-order valence-electron chi connectivity index (χ3n) is 6.84. The zero-order valence-corrected chi connectivity index (χ0v) is 24.3. The van der Waals surface area contributed by atoms with Gasteiger partial charge < -0.3 is 25.3 Å². The fraction of sp³-hybridized carbons (Fsp3) is 0.483. The van der Waals surface area contributed by atoms with E-state index < -0.39 is 47.7 Å². The second kappa shape index (κ2) is 12.9. The minimum atomic E-state index is -3.48. The van der Waals surface area contributed by atoms with Gasteiger partial charge >= 0.3 is 6.16 Å². The van der Waals surface area contributed by atoms with Crippen molar-refractivity contribution in [2.24, 2.45) is 5.73 Å². The Balaban J connectivity index is 1.42. The van der Waals surface area contributed by atoms with Crippen LogP contribution in [0.15, 0.2) is 48.7 Å². The SMILES string of the molecule is [2H]C([2H])(CC(F)(F)[C@H](C)N)Oc1cc(Nc2cc([C@H]3CC[C@@H](OC(=O)Oc4ccc([N+](=O)[O-])cc4)C3)nn2C(C)(C)C)ccn1. The van der Waals surface area contributed by atoms with Crippen molar-refractivity contribution in [2.75, 3.05) is 11.9 Å². The number of nitrogens with two attached hydrogens (primary N) is 1. The molecule has 14 heteroatoms. The molecule has 1 aliphatic rings. The molecule has 43 heavy (non-hydrogen) atoms. The minimum Gasteiger partial charge on any atom is -0.477 e. The van der Waals surface area contributed by atoms with E-state index in [2.05, 4.69) is 10.3 Å². The van der Waals surface area contributed by atoms with E-state index in [4.69, 9.17) is 27.8 Å². The third-order valence-corrected chi connectivity index (χ3v) is 6.84. The topological polar surface area (TPSA) is 157 Å². The predicted octanol–water partition coefficient (Wildman–Crippen LogP) is 6.29. The summed E-state index contributed by atoms with van der Waals surface area (Å²) in [4.78, 5) is 26.6. The molecular weight excluding hydrogens is 566 g/mol. The Hall–Kier alpha value is -4.33. The number of nitrogens with one attached hydrogen (secondary N) is 1. The molecule has 4 rings (SSSR count). The molecule has 0 unspecified atom stereocenters. The molecule has 1 aromatic carbocycles. The van der Waals surface area contributed by atoms with Gasteiger partial charge in [0.15, 0.2) is 0 Å². The molecule has 3 aromatic rings. The second-order valence-electron chi connectivity index (χ2n) is 11.4. The monoisotopic (exact) mass is 604 g/mol. The van der Waals surface area contributed by atoms with Crippen LogP contribution in [0.4, 0.5) is 30.8 Å². The number of aromatic nitrogens is 3. The van der Waals surface area contributed by atoms with Crippen LogP contribution in [0.25, 0.3) is 0 Å².